The lowest BCUT2D eigenvalue weighted by molar-refractivity contribution is 0.443. The number of benzene rings is 7. The number of thiophene rings is 1. The Balaban J connectivity index is 0.990. The van der Waals surface area contributed by atoms with Crippen molar-refractivity contribution < 1.29 is 0 Å². The Hall–Kier alpha value is -5.64. The van der Waals surface area contributed by atoms with Crippen molar-refractivity contribution in [2.24, 2.45) is 0 Å². The zero-order valence-corrected chi connectivity index (χ0v) is 30.2. The summed E-state index contributed by atoms with van der Waals surface area (Å²) in [5.41, 5.74) is 11.1. The van der Waals surface area contributed by atoms with Gasteiger partial charge in [-0.15, -0.1) is 11.3 Å². The van der Waals surface area contributed by atoms with Crippen LogP contribution in [0.2, 0.25) is 0 Å². The fraction of sp³-hybridized carbons (Fsp3) is 0.143. The predicted octanol–water partition coefficient (Wildman–Crippen LogP) is 14.6. The molecule has 0 saturated heterocycles. The molecule has 0 amide bonds. The molecule has 1 saturated carbocycles. The second-order valence-electron chi connectivity index (χ2n) is 14.0. The lowest BCUT2D eigenvalue weighted by Gasteiger charge is -2.27. The van der Waals surface area contributed by atoms with Crippen molar-refractivity contribution in [3.8, 4) is 0 Å². The van der Waals surface area contributed by atoms with Gasteiger partial charge in [0.2, 0.25) is 0 Å². The van der Waals surface area contributed by atoms with Crippen LogP contribution in [0.1, 0.15) is 54.7 Å². The highest BCUT2D eigenvalue weighted by molar-refractivity contribution is 7.26. The van der Waals surface area contributed by atoms with Gasteiger partial charge in [-0.05, 0) is 121 Å². The van der Waals surface area contributed by atoms with Crippen LogP contribution >= 0.6 is 11.3 Å². The molecular weight excluding hydrogens is 649 g/mol. The van der Waals surface area contributed by atoms with E-state index in [1.807, 2.05) is 11.3 Å². The highest BCUT2D eigenvalue weighted by atomic mass is 32.1. The largest absolute Gasteiger partial charge is 0.311 e. The molecule has 1 heterocycles. The molecule has 1 fully saturated rings. The summed E-state index contributed by atoms with van der Waals surface area (Å²) in [6.07, 6.45) is 7.61. The molecule has 0 spiro atoms. The van der Waals surface area contributed by atoms with E-state index in [0.29, 0.717) is 5.92 Å². The zero-order valence-electron chi connectivity index (χ0n) is 29.4. The topological polar surface area (TPSA) is 6.48 Å². The number of para-hydroxylation sites is 2. The maximum atomic E-state index is 2.40. The molecule has 254 valence electrons. The first kappa shape index (κ1) is 32.3. The third kappa shape index (κ3) is 6.49. The van der Waals surface area contributed by atoms with Gasteiger partial charge in [0.05, 0.1) is 5.69 Å². The second-order valence-corrected chi connectivity index (χ2v) is 15.1. The molecule has 9 rings (SSSR count). The molecule has 2 nitrogen and oxygen atoms in total. The minimum absolute atomic E-state index is 0.707. The first-order chi connectivity index (χ1) is 25.8. The molecule has 0 radical (unpaired) electrons. The Morgan fingerprint density at radius 1 is 0.423 bits per heavy atom. The maximum Gasteiger partial charge on any atom is 0.0554 e. The third-order valence-corrected chi connectivity index (χ3v) is 11.8. The van der Waals surface area contributed by atoms with E-state index in [4.69, 9.17) is 0 Å². The third-order valence-electron chi connectivity index (χ3n) is 10.7. The van der Waals surface area contributed by atoms with Gasteiger partial charge >= 0.3 is 0 Å². The van der Waals surface area contributed by atoms with Crippen molar-refractivity contribution >= 4 is 65.6 Å². The highest BCUT2D eigenvalue weighted by Crippen LogP contribution is 2.45. The Labute approximate surface area is 311 Å². The summed E-state index contributed by atoms with van der Waals surface area (Å²) >= 11 is 1.86. The molecule has 52 heavy (non-hydrogen) atoms. The van der Waals surface area contributed by atoms with Crippen LogP contribution < -0.4 is 9.80 Å². The Bertz CT molecular complexity index is 2390. The zero-order chi connectivity index (χ0) is 34.7. The minimum Gasteiger partial charge on any atom is -0.311 e. The van der Waals surface area contributed by atoms with E-state index < -0.39 is 0 Å². The molecule has 0 unspecified atom stereocenters. The lowest BCUT2D eigenvalue weighted by atomic mass is 9.84. The number of fused-ring (bicyclic) bond motifs is 3. The standard InChI is InChI=1S/C49H42N2S/c1-4-13-38(14-5-1)39-27-33-43(34-28-39)50(40-15-6-2-7-16-40)42-29-23-36(24-30-42)35-37-25-31-44(32-26-37)51(41-17-8-3-9-18-41)46-20-12-22-48-49(46)45-19-10-11-21-47(45)52-48/h2-3,6-12,15-34,38H,1,4-5,13-14,35H2. The maximum absolute atomic E-state index is 2.40. The fourth-order valence-corrected chi connectivity index (χ4v) is 9.19. The first-order valence-corrected chi connectivity index (χ1v) is 19.5. The van der Waals surface area contributed by atoms with Crippen LogP contribution in [-0.2, 0) is 6.42 Å². The molecule has 1 aliphatic rings. The van der Waals surface area contributed by atoms with Gasteiger partial charge in [-0.3, -0.25) is 0 Å². The summed E-state index contributed by atoms with van der Waals surface area (Å²) in [7, 11) is 0. The van der Waals surface area contributed by atoms with Gasteiger partial charge in [0, 0.05) is 48.6 Å². The van der Waals surface area contributed by atoms with Crippen LogP contribution in [-0.4, -0.2) is 0 Å². The van der Waals surface area contributed by atoms with Gasteiger partial charge in [0.15, 0.2) is 0 Å². The van der Waals surface area contributed by atoms with E-state index in [1.165, 1.54) is 91.7 Å². The van der Waals surface area contributed by atoms with Crippen LogP contribution in [0.4, 0.5) is 34.1 Å². The smallest absolute Gasteiger partial charge is 0.0554 e. The SMILES string of the molecule is c1ccc(N(c2ccc(Cc3ccc(N(c4ccccc4)c4cccc5sc6ccccc6c45)cc3)cc2)c2ccc(C3CCCCC3)cc2)cc1. The van der Waals surface area contributed by atoms with Crippen LogP contribution in [0, 0.1) is 0 Å². The van der Waals surface area contributed by atoms with Crippen molar-refractivity contribution in [1.82, 2.24) is 0 Å². The molecular formula is C49H42N2S. The van der Waals surface area contributed by atoms with Gasteiger partial charge in [-0.25, -0.2) is 0 Å². The van der Waals surface area contributed by atoms with Gasteiger partial charge < -0.3 is 9.80 Å². The van der Waals surface area contributed by atoms with E-state index in [-0.39, 0.29) is 0 Å². The molecule has 0 aliphatic heterocycles. The van der Waals surface area contributed by atoms with Crippen LogP contribution in [0.3, 0.4) is 0 Å². The number of hydrogen-bond donors (Lipinski definition) is 0. The summed E-state index contributed by atoms with van der Waals surface area (Å²) in [6.45, 7) is 0. The molecule has 8 aromatic rings. The molecule has 7 aromatic carbocycles. The average molecular weight is 691 g/mol. The predicted molar refractivity (Wildman–Crippen MR) is 224 cm³/mol. The van der Waals surface area contributed by atoms with Gasteiger partial charge in [-0.1, -0.05) is 116 Å². The van der Waals surface area contributed by atoms with Crippen LogP contribution in [0.25, 0.3) is 20.2 Å². The molecule has 0 N–H and O–H groups in total. The van der Waals surface area contributed by atoms with Gasteiger partial charge in [-0.2, -0.15) is 0 Å². The van der Waals surface area contributed by atoms with E-state index in [0.717, 1.165) is 17.8 Å². The Kier molecular flexibility index (Phi) is 9.02. The average Bonchev–Trinajstić information content (AvgIpc) is 3.60. The fourth-order valence-electron chi connectivity index (χ4n) is 8.06. The number of nitrogens with zero attached hydrogens (tertiary/aromatic N) is 2. The first-order valence-electron chi connectivity index (χ1n) is 18.7. The molecule has 3 heteroatoms. The summed E-state index contributed by atoms with van der Waals surface area (Å²) < 4.78 is 2.63. The van der Waals surface area contributed by atoms with Crippen molar-refractivity contribution in [2.75, 3.05) is 9.80 Å². The van der Waals surface area contributed by atoms with Crippen molar-refractivity contribution in [3.05, 3.63) is 193 Å². The minimum atomic E-state index is 0.707. The van der Waals surface area contributed by atoms with Gasteiger partial charge in [0.25, 0.3) is 0 Å². The second kappa shape index (κ2) is 14.5. The molecule has 0 atom stereocenters. The monoisotopic (exact) mass is 690 g/mol. The van der Waals surface area contributed by atoms with Crippen LogP contribution in [0.15, 0.2) is 176 Å². The van der Waals surface area contributed by atoms with E-state index in [1.54, 1.807) is 0 Å². The van der Waals surface area contributed by atoms with Crippen molar-refractivity contribution in [1.29, 1.82) is 0 Å². The lowest BCUT2D eigenvalue weighted by Crippen LogP contribution is -2.11. The van der Waals surface area contributed by atoms with Crippen LogP contribution in [0.5, 0.6) is 0 Å². The molecule has 1 aliphatic carbocycles. The van der Waals surface area contributed by atoms with Crippen molar-refractivity contribution in [3.63, 3.8) is 0 Å². The van der Waals surface area contributed by atoms with E-state index in [9.17, 15) is 0 Å². The van der Waals surface area contributed by atoms with E-state index >= 15 is 0 Å². The normalized spacial score (nSPS) is 13.4. The Morgan fingerprint density at radius 3 is 1.56 bits per heavy atom. The summed E-state index contributed by atoms with van der Waals surface area (Å²) in [5.74, 6) is 0.707. The van der Waals surface area contributed by atoms with Gasteiger partial charge in [0.1, 0.15) is 0 Å². The highest BCUT2D eigenvalue weighted by Gasteiger charge is 2.19. The van der Waals surface area contributed by atoms with E-state index in [2.05, 4.69) is 186 Å². The number of rotatable bonds is 9. The summed E-state index contributed by atoms with van der Waals surface area (Å²) in [5, 5.41) is 2.61. The van der Waals surface area contributed by atoms with Crippen molar-refractivity contribution in [2.45, 2.75) is 44.4 Å². The molecule has 1 aromatic heterocycles. The summed E-state index contributed by atoms with van der Waals surface area (Å²) in [6, 6.07) is 64.5. The number of hydrogen-bond acceptors (Lipinski definition) is 3. The summed E-state index contributed by atoms with van der Waals surface area (Å²) in [4.78, 5) is 4.78. The number of anilines is 6. The quantitative estimate of drug-likeness (QED) is 0.149. The Morgan fingerprint density at radius 2 is 0.923 bits per heavy atom. The molecule has 0 bridgehead atoms.